The summed E-state index contributed by atoms with van der Waals surface area (Å²) in [6.07, 6.45) is -0.239. The van der Waals surface area contributed by atoms with Crippen LogP contribution in [0, 0.1) is 0 Å². The van der Waals surface area contributed by atoms with Gasteiger partial charge in [-0.05, 0) is 12.0 Å². The molecule has 0 unspecified atom stereocenters. The largest absolute Gasteiger partial charge is 0.465 e. The number of rotatable bonds is 1. The van der Waals surface area contributed by atoms with Gasteiger partial charge >= 0.3 is 6.09 Å². The number of amides is 1. The number of nitrogens with two attached hydrogens (primary N) is 1. The smallest absolute Gasteiger partial charge is 0.407 e. The van der Waals surface area contributed by atoms with Crippen molar-refractivity contribution < 1.29 is 19.4 Å². The van der Waals surface area contributed by atoms with Gasteiger partial charge in [-0.25, -0.2) is 9.78 Å². The standard InChI is InChI=1S/C16H13N3O4S2/c17-14-13(7-1-2-19(16(20)21)5-12(7)24-14)15-18-8-3-9-10(23-6-22-9)4-11(8)25-15/h3-4H,1-2,5-6,17H2,(H,20,21). The van der Waals surface area contributed by atoms with E-state index in [9.17, 15) is 9.90 Å². The molecule has 128 valence electrons. The molecule has 0 saturated heterocycles. The number of anilines is 1. The first kappa shape index (κ1) is 14.8. The topological polar surface area (TPSA) is 97.9 Å². The first-order chi connectivity index (χ1) is 12.1. The number of benzene rings is 1. The molecule has 0 aliphatic carbocycles. The van der Waals surface area contributed by atoms with Crippen LogP contribution in [0.25, 0.3) is 20.8 Å². The molecule has 9 heteroatoms. The summed E-state index contributed by atoms with van der Waals surface area (Å²) in [5, 5.41) is 10.7. The van der Waals surface area contributed by atoms with Crippen LogP contribution >= 0.6 is 22.7 Å². The molecule has 4 heterocycles. The number of hydrogen-bond donors (Lipinski definition) is 2. The molecule has 0 fully saturated rings. The highest BCUT2D eigenvalue weighted by Gasteiger charge is 2.28. The Kier molecular flexibility index (Phi) is 3.10. The van der Waals surface area contributed by atoms with Crippen LogP contribution in [0.15, 0.2) is 12.1 Å². The van der Waals surface area contributed by atoms with Crippen LogP contribution in [-0.2, 0) is 13.0 Å². The van der Waals surface area contributed by atoms with E-state index in [4.69, 9.17) is 20.2 Å². The number of carboxylic acid groups (broad SMARTS) is 1. The van der Waals surface area contributed by atoms with E-state index >= 15 is 0 Å². The van der Waals surface area contributed by atoms with Crippen LogP contribution in [0.4, 0.5) is 9.80 Å². The third-order valence-electron chi connectivity index (χ3n) is 4.45. The van der Waals surface area contributed by atoms with E-state index in [1.807, 2.05) is 12.1 Å². The van der Waals surface area contributed by atoms with Gasteiger partial charge in [0, 0.05) is 29.1 Å². The molecule has 0 spiro atoms. The van der Waals surface area contributed by atoms with E-state index < -0.39 is 6.09 Å². The van der Waals surface area contributed by atoms with Crippen molar-refractivity contribution in [1.29, 1.82) is 0 Å². The van der Waals surface area contributed by atoms with Crippen molar-refractivity contribution >= 4 is 44.0 Å². The highest BCUT2D eigenvalue weighted by atomic mass is 32.1. The van der Waals surface area contributed by atoms with Gasteiger partial charge in [-0.1, -0.05) is 0 Å². The Labute approximate surface area is 150 Å². The van der Waals surface area contributed by atoms with Crippen molar-refractivity contribution in [1.82, 2.24) is 9.88 Å². The molecule has 1 aromatic carbocycles. The molecular weight excluding hydrogens is 362 g/mol. The Morgan fingerprint density at radius 1 is 1.28 bits per heavy atom. The molecule has 2 aliphatic heterocycles. The quantitative estimate of drug-likeness (QED) is 0.677. The van der Waals surface area contributed by atoms with Gasteiger partial charge in [0.2, 0.25) is 6.79 Å². The lowest BCUT2D eigenvalue weighted by molar-refractivity contribution is 0.140. The number of aromatic nitrogens is 1. The van der Waals surface area contributed by atoms with Crippen LogP contribution in [0.1, 0.15) is 10.4 Å². The summed E-state index contributed by atoms with van der Waals surface area (Å²) in [6.45, 7) is 1.11. The van der Waals surface area contributed by atoms with Gasteiger partial charge < -0.3 is 25.2 Å². The predicted molar refractivity (Wildman–Crippen MR) is 95.6 cm³/mol. The van der Waals surface area contributed by atoms with Gasteiger partial charge in [0.25, 0.3) is 0 Å². The molecule has 0 atom stereocenters. The number of hydrogen-bond acceptors (Lipinski definition) is 7. The molecule has 7 nitrogen and oxygen atoms in total. The SMILES string of the molecule is Nc1sc2c(c1-c1nc3cc4c(cc3s1)OCO4)CCN(C(=O)O)C2. The Morgan fingerprint density at radius 3 is 2.88 bits per heavy atom. The monoisotopic (exact) mass is 375 g/mol. The van der Waals surface area contributed by atoms with Gasteiger partial charge in [0.05, 0.1) is 21.8 Å². The van der Waals surface area contributed by atoms with Crippen LogP contribution in [0.5, 0.6) is 11.5 Å². The summed E-state index contributed by atoms with van der Waals surface area (Å²) in [5.74, 6) is 1.45. The zero-order chi connectivity index (χ0) is 17.1. The van der Waals surface area contributed by atoms with Gasteiger partial charge in [-0.15, -0.1) is 22.7 Å². The van der Waals surface area contributed by atoms with Crippen LogP contribution in [-0.4, -0.2) is 34.4 Å². The number of thiazole rings is 1. The fraction of sp³-hybridized carbons (Fsp3) is 0.250. The van der Waals surface area contributed by atoms with E-state index in [0.29, 0.717) is 30.3 Å². The summed E-state index contributed by atoms with van der Waals surface area (Å²) >= 11 is 3.02. The Hall–Kier alpha value is -2.52. The van der Waals surface area contributed by atoms with Gasteiger partial charge in [0.1, 0.15) is 5.01 Å². The molecule has 3 aromatic rings. The van der Waals surface area contributed by atoms with Crippen LogP contribution in [0.3, 0.4) is 0 Å². The molecule has 2 aromatic heterocycles. The normalized spacial score (nSPS) is 15.6. The van der Waals surface area contributed by atoms with E-state index in [0.717, 1.165) is 37.0 Å². The van der Waals surface area contributed by atoms with E-state index in [1.165, 1.54) is 16.2 Å². The minimum absolute atomic E-state index is 0.241. The number of nitrogens with zero attached hydrogens (tertiary/aromatic N) is 2. The lowest BCUT2D eigenvalue weighted by atomic mass is 10.0. The predicted octanol–water partition coefficient (Wildman–Crippen LogP) is 3.37. The Balaban J connectivity index is 1.60. The first-order valence-electron chi connectivity index (χ1n) is 7.68. The van der Waals surface area contributed by atoms with Crippen molar-refractivity contribution in [2.24, 2.45) is 0 Å². The summed E-state index contributed by atoms with van der Waals surface area (Å²) in [6, 6.07) is 3.83. The van der Waals surface area contributed by atoms with E-state index in [-0.39, 0.29) is 6.79 Å². The zero-order valence-electron chi connectivity index (χ0n) is 12.9. The van der Waals surface area contributed by atoms with Crippen molar-refractivity contribution in [3.8, 4) is 22.1 Å². The average Bonchev–Trinajstić information content (AvgIpc) is 3.26. The average molecular weight is 375 g/mol. The summed E-state index contributed by atoms with van der Waals surface area (Å²) in [4.78, 5) is 18.4. The summed E-state index contributed by atoms with van der Waals surface area (Å²) in [5.41, 5.74) is 9.19. The van der Waals surface area contributed by atoms with Crippen LogP contribution in [0.2, 0.25) is 0 Å². The molecule has 5 rings (SSSR count). The lowest BCUT2D eigenvalue weighted by Crippen LogP contribution is -2.34. The molecular formula is C16H13N3O4S2. The second kappa shape index (κ2) is 5.24. The van der Waals surface area contributed by atoms with E-state index in [1.54, 1.807) is 11.3 Å². The molecule has 1 amide bonds. The van der Waals surface area contributed by atoms with Crippen molar-refractivity contribution in [3.63, 3.8) is 0 Å². The maximum absolute atomic E-state index is 11.2. The summed E-state index contributed by atoms with van der Waals surface area (Å²) < 4.78 is 11.9. The lowest BCUT2D eigenvalue weighted by Gasteiger charge is -2.24. The van der Waals surface area contributed by atoms with Gasteiger partial charge in [-0.2, -0.15) is 0 Å². The van der Waals surface area contributed by atoms with Crippen molar-refractivity contribution in [3.05, 3.63) is 22.6 Å². The highest BCUT2D eigenvalue weighted by Crippen LogP contribution is 2.46. The second-order valence-electron chi connectivity index (χ2n) is 5.89. The third kappa shape index (κ3) is 2.23. The Bertz CT molecular complexity index is 985. The minimum atomic E-state index is -0.895. The van der Waals surface area contributed by atoms with Crippen molar-refractivity contribution in [2.75, 3.05) is 19.1 Å². The highest BCUT2D eigenvalue weighted by molar-refractivity contribution is 7.22. The molecule has 25 heavy (non-hydrogen) atoms. The van der Waals surface area contributed by atoms with Crippen molar-refractivity contribution in [2.45, 2.75) is 13.0 Å². The number of nitrogen functional groups attached to an aromatic ring is 1. The second-order valence-corrected chi connectivity index (χ2v) is 8.06. The Morgan fingerprint density at radius 2 is 2.08 bits per heavy atom. The zero-order valence-corrected chi connectivity index (χ0v) is 14.6. The van der Waals surface area contributed by atoms with Gasteiger partial charge in [0.15, 0.2) is 11.5 Å². The maximum atomic E-state index is 11.2. The number of carbonyl (C=O) groups is 1. The molecule has 0 radical (unpaired) electrons. The maximum Gasteiger partial charge on any atom is 0.407 e. The number of ether oxygens (including phenoxy) is 2. The third-order valence-corrected chi connectivity index (χ3v) is 6.53. The summed E-state index contributed by atoms with van der Waals surface area (Å²) in [7, 11) is 0. The first-order valence-corrected chi connectivity index (χ1v) is 9.32. The fourth-order valence-electron chi connectivity index (χ4n) is 3.25. The van der Waals surface area contributed by atoms with Gasteiger partial charge in [-0.3, -0.25) is 0 Å². The number of fused-ring (bicyclic) bond motifs is 3. The van der Waals surface area contributed by atoms with Crippen LogP contribution < -0.4 is 15.2 Å². The molecule has 0 bridgehead atoms. The van der Waals surface area contributed by atoms with E-state index in [2.05, 4.69) is 0 Å². The number of thiophene rings is 1. The molecule has 3 N–H and O–H groups in total. The minimum Gasteiger partial charge on any atom is -0.465 e. The fourth-order valence-corrected chi connectivity index (χ4v) is 5.51. The molecule has 0 saturated carbocycles. The molecule has 2 aliphatic rings.